The van der Waals surface area contributed by atoms with Crippen LogP contribution in [-0.2, 0) is 14.3 Å². The summed E-state index contributed by atoms with van der Waals surface area (Å²) in [6, 6.07) is 0. The van der Waals surface area contributed by atoms with Gasteiger partial charge in [-0.25, -0.2) is 0 Å². The van der Waals surface area contributed by atoms with Gasteiger partial charge in [0.25, 0.3) is 0 Å². The normalized spacial score (nSPS) is 31.2. The van der Waals surface area contributed by atoms with Crippen LogP contribution in [-0.4, -0.2) is 30.0 Å². The summed E-state index contributed by atoms with van der Waals surface area (Å²) in [4.78, 5) is 11.1. The fourth-order valence-corrected chi connectivity index (χ4v) is 2.76. The molecule has 1 aliphatic heterocycles. The Morgan fingerprint density at radius 1 is 1.42 bits per heavy atom. The summed E-state index contributed by atoms with van der Waals surface area (Å²) >= 11 is 0. The van der Waals surface area contributed by atoms with Gasteiger partial charge in [0, 0.05) is 18.8 Å². The lowest BCUT2D eigenvalue weighted by Crippen LogP contribution is -2.60. The number of rotatable bonds is 4. The Kier molecular flexibility index (Phi) is 4.65. The van der Waals surface area contributed by atoms with E-state index >= 15 is 0 Å². The minimum Gasteiger partial charge on any atom is -0.550 e. The first kappa shape index (κ1) is 16.4. The molecule has 0 amide bonds. The number of hydrogen-bond donors (Lipinski definition) is 1. The van der Waals surface area contributed by atoms with E-state index in [1.807, 2.05) is 34.6 Å². The Hall–Kier alpha value is -0.650. The predicted octanol–water partition coefficient (Wildman–Crippen LogP) is 0.802. The van der Waals surface area contributed by atoms with Gasteiger partial charge in [-0.3, -0.25) is 0 Å². The Balaban J connectivity index is 3.10. The summed E-state index contributed by atoms with van der Waals surface area (Å²) in [6.45, 7) is 10.1. The van der Waals surface area contributed by atoms with Crippen molar-refractivity contribution >= 4 is 5.97 Å². The Labute approximate surface area is 115 Å². The van der Waals surface area contributed by atoms with Gasteiger partial charge >= 0.3 is 0 Å². The molecule has 2 N–H and O–H groups in total. The molecule has 0 aliphatic carbocycles. The number of carbonyl (C=O) groups excluding carboxylic acids is 1. The lowest BCUT2D eigenvalue weighted by atomic mass is 9.70. The molecular weight excluding hydrogens is 246 g/mol. The molecule has 0 aromatic heterocycles. The topological polar surface area (TPSA) is 84.6 Å². The van der Waals surface area contributed by atoms with Crippen LogP contribution in [0.1, 0.15) is 53.9 Å². The Morgan fingerprint density at radius 3 is 2.42 bits per heavy atom. The lowest BCUT2D eigenvalue weighted by Gasteiger charge is -2.54. The van der Waals surface area contributed by atoms with Crippen molar-refractivity contribution in [1.82, 2.24) is 0 Å². The van der Waals surface area contributed by atoms with E-state index in [4.69, 9.17) is 15.2 Å². The van der Waals surface area contributed by atoms with E-state index in [1.165, 1.54) is 0 Å². The zero-order chi connectivity index (χ0) is 14.9. The first-order chi connectivity index (χ1) is 8.51. The maximum atomic E-state index is 11.1. The van der Waals surface area contributed by atoms with Crippen LogP contribution in [0.3, 0.4) is 0 Å². The van der Waals surface area contributed by atoms with Gasteiger partial charge in [0.05, 0.1) is 11.7 Å². The van der Waals surface area contributed by atoms with Crippen LogP contribution in [0.25, 0.3) is 0 Å². The molecule has 1 fully saturated rings. The molecule has 5 nitrogen and oxygen atoms in total. The molecule has 2 atom stereocenters. The molecule has 0 spiro atoms. The highest BCUT2D eigenvalue weighted by atomic mass is 16.7. The van der Waals surface area contributed by atoms with Crippen LogP contribution >= 0.6 is 0 Å². The van der Waals surface area contributed by atoms with Gasteiger partial charge in [-0.1, -0.05) is 20.8 Å². The summed E-state index contributed by atoms with van der Waals surface area (Å²) < 4.78 is 11.9. The number of carbonyl (C=O) groups is 1. The highest BCUT2D eigenvalue weighted by Gasteiger charge is 2.52. The van der Waals surface area contributed by atoms with E-state index in [0.29, 0.717) is 19.4 Å². The third-order valence-electron chi connectivity index (χ3n) is 3.73. The van der Waals surface area contributed by atoms with Crippen LogP contribution in [0.4, 0.5) is 0 Å². The molecule has 0 radical (unpaired) electrons. The second-order valence-electron chi connectivity index (χ2n) is 6.82. The summed E-state index contributed by atoms with van der Waals surface area (Å²) in [7, 11) is 0. The van der Waals surface area contributed by atoms with E-state index < -0.39 is 17.4 Å². The van der Waals surface area contributed by atoms with Crippen molar-refractivity contribution in [3.63, 3.8) is 0 Å². The Morgan fingerprint density at radius 2 is 2.00 bits per heavy atom. The number of carboxylic acid groups (broad SMARTS) is 1. The van der Waals surface area contributed by atoms with E-state index in [9.17, 15) is 9.90 Å². The number of carboxylic acids is 1. The van der Waals surface area contributed by atoms with Crippen molar-refractivity contribution in [2.24, 2.45) is 11.1 Å². The quantitative estimate of drug-likeness (QED) is 0.818. The van der Waals surface area contributed by atoms with Crippen molar-refractivity contribution in [3.8, 4) is 0 Å². The fourth-order valence-electron chi connectivity index (χ4n) is 2.76. The molecule has 0 saturated carbocycles. The second kappa shape index (κ2) is 5.38. The van der Waals surface area contributed by atoms with Gasteiger partial charge in [0.15, 0.2) is 5.79 Å². The van der Waals surface area contributed by atoms with Crippen LogP contribution in [0, 0.1) is 5.41 Å². The van der Waals surface area contributed by atoms with Gasteiger partial charge in [-0.2, -0.15) is 0 Å². The van der Waals surface area contributed by atoms with Crippen LogP contribution < -0.4 is 10.8 Å². The molecule has 0 aromatic carbocycles. The highest BCUT2D eigenvalue weighted by molar-refractivity contribution is 5.66. The second-order valence-corrected chi connectivity index (χ2v) is 6.82. The molecule has 1 heterocycles. The van der Waals surface area contributed by atoms with Crippen LogP contribution in [0.2, 0.25) is 0 Å². The zero-order valence-corrected chi connectivity index (χ0v) is 12.6. The van der Waals surface area contributed by atoms with E-state index in [2.05, 4.69) is 0 Å². The van der Waals surface area contributed by atoms with Crippen molar-refractivity contribution in [2.45, 2.75) is 71.4 Å². The highest BCUT2D eigenvalue weighted by Crippen LogP contribution is 2.47. The third kappa shape index (κ3) is 3.91. The van der Waals surface area contributed by atoms with E-state index in [0.717, 1.165) is 0 Å². The maximum absolute atomic E-state index is 11.1. The van der Waals surface area contributed by atoms with E-state index in [-0.39, 0.29) is 17.9 Å². The molecule has 0 aromatic rings. The van der Waals surface area contributed by atoms with Gasteiger partial charge in [-0.15, -0.1) is 0 Å². The Bertz CT molecular complexity index is 335. The minimum absolute atomic E-state index is 0.0904. The van der Waals surface area contributed by atoms with Crippen molar-refractivity contribution in [3.05, 3.63) is 0 Å². The lowest BCUT2D eigenvalue weighted by molar-refractivity contribution is -0.365. The third-order valence-corrected chi connectivity index (χ3v) is 3.73. The molecule has 5 heteroatoms. The minimum atomic E-state index is -1.10. The molecular formula is C14H26NO4-. The number of nitrogens with two attached hydrogens (primary N) is 1. The van der Waals surface area contributed by atoms with Crippen molar-refractivity contribution in [2.75, 3.05) is 6.54 Å². The largest absolute Gasteiger partial charge is 0.550 e. The smallest absolute Gasteiger partial charge is 0.163 e. The summed E-state index contributed by atoms with van der Waals surface area (Å²) in [6.07, 6.45) is 0.986. The van der Waals surface area contributed by atoms with Gasteiger partial charge in [0.1, 0.15) is 0 Å². The average molecular weight is 272 g/mol. The average Bonchev–Trinajstić information content (AvgIpc) is 2.11. The summed E-state index contributed by atoms with van der Waals surface area (Å²) in [5.41, 5.74) is 4.47. The molecule has 2 unspecified atom stereocenters. The van der Waals surface area contributed by atoms with Gasteiger partial charge < -0.3 is 25.1 Å². The molecule has 0 bridgehead atoms. The summed E-state index contributed by atoms with van der Waals surface area (Å²) in [5, 5.41) is 11.1. The number of aliphatic carboxylic acids is 1. The van der Waals surface area contributed by atoms with Crippen molar-refractivity contribution < 1.29 is 19.4 Å². The van der Waals surface area contributed by atoms with E-state index in [1.54, 1.807) is 0 Å². The monoisotopic (exact) mass is 272 g/mol. The number of ether oxygens (including phenoxy) is 2. The maximum Gasteiger partial charge on any atom is 0.163 e. The molecule has 112 valence electrons. The van der Waals surface area contributed by atoms with Crippen LogP contribution in [0.5, 0.6) is 0 Å². The predicted molar refractivity (Wildman–Crippen MR) is 70.1 cm³/mol. The summed E-state index contributed by atoms with van der Waals surface area (Å²) in [5.74, 6) is -1.92. The first-order valence-electron chi connectivity index (χ1n) is 6.79. The SMILES string of the molecule is CC1(C)OC(CCN)CC(CC(=O)[O-])(C(C)(C)C)O1. The number of hydrogen-bond acceptors (Lipinski definition) is 5. The zero-order valence-electron chi connectivity index (χ0n) is 12.6. The van der Waals surface area contributed by atoms with Gasteiger partial charge in [-0.05, 0) is 32.2 Å². The standard InChI is InChI=1S/C14H27NO4/c1-12(2,3)14(9-11(16)17)8-10(6-7-15)18-13(4,5)19-14/h10H,6-9,15H2,1-5H3,(H,16,17)/p-1. The van der Waals surface area contributed by atoms with Crippen LogP contribution in [0.15, 0.2) is 0 Å². The first-order valence-corrected chi connectivity index (χ1v) is 6.79. The van der Waals surface area contributed by atoms with Gasteiger partial charge in [0.2, 0.25) is 0 Å². The molecule has 1 aliphatic rings. The molecule has 19 heavy (non-hydrogen) atoms. The van der Waals surface area contributed by atoms with Crippen molar-refractivity contribution in [1.29, 1.82) is 0 Å². The molecule has 1 saturated heterocycles. The molecule has 1 rings (SSSR count). The fraction of sp³-hybridized carbons (Fsp3) is 0.929.